The minimum atomic E-state index is -1.73. The molecule has 0 fully saturated rings. The van der Waals surface area contributed by atoms with Crippen molar-refractivity contribution in [3.8, 4) is 0 Å². The molecule has 0 unspecified atom stereocenters. The number of hydrogen-bond donors (Lipinski definition) is 2. The molecule has 0 aliphatic rings. The van der Waals surface area contributed by atoms with E-state index in [1.807, 2.05) is 0 Å². The normalized spacial score (nSPS) is 18.5. The summed E-state index contributed by atoms with van der Waals surface area (Å²) in [7, 11) is 0. The summed E-state index contributed by atoms with van der Waals surface area (Å²) in [5, 5.41) is 40.0. The topological polar surface area (TPSA) is 127 Å². The predicted molar refractivity (Wildman–Crippen MR) is 54.2 cm³/mol. The summed E-state index contributed by atoms with van der Waals surface area (Å²) in [6.45, 7) is 2.94. The smallest absolute Gasteiger partial charge is 0.241 e. The zero-order valence-electron chi connectivity index (χ0n) is 9.15. The highest BCUT2D eigenvalue weighted by Gasteiger charge is 2.42. The van der Waals surface area contributed by atoms with Crippen LogP contribution in [-0.2, 0) is 0 Å². The van der Waals surface area contributed by atoms with Crippen LogP contribution in [0.1, 0.15) is 26.7 Å². The van der Waals surface area contributed by atoms with Crippen molar-refractivity contribution in [3.05, 3.63) is 20.2 Å². The highest BCUT2D eigenvalue weighted by atomic mass is 16.6. The molecule has 16 heavy (non-hydrogen) atoms. The van der Waals surface area contributed by atoms with E-state index in [0.717, 1.165) is 0 Å². The minimum absolute atomic E-state index is 0.000620. The molecule has 0 amide bonds. The van der Waals surface area contributed by atoms with Gasteiger partial charge in [0.1, 0.15) is 0 Å². The minimum Gasteiger partial charge on any atom is -0.383 e. The van der Waals surface area contributed by atoms with Gasteiger partial charge >= 0.3 is 0 Å². The Hall–Kier alpha value is -1.28. The van der Waals surface area contributed by atoms with Gasteiger partial charge in [0.05, 0.1) is 0 Å². The highest BCUT2D eigenvalue weighted by Crippen LogP contribution is 2.14. The molecular weight excluding hydrogens is 220 g/mol. The molecule has 0 aliphatic carbocycles. The first-order chi connectivity index (χ1) is 7.36. The molecule has 0 bridgehead atoms. The van der Waals surface area contributed by atoms with Crippen LogP contribution in [0, 0.1) is 20.2 Å². The first-order valence-electron chi connectivity index (χ1n) is 4.99. The highest BCUT2D eigenvalue weighted by molar-refractivity contribution is 4.80. The van der Waals surface area contributed by atoms with Crippen LogP contribution in [0.3, 0.4) is 0 Å². The van der Waals surface area contributed by atoms with Gasteiger partial charge in [-0.1, -0.05) is 13.8 Å². The van der Waals surface area contributed by atoms with Crippen molar-refractivity contribution in [2.75, 3.05) is 0 Å². The van der Waals surface area contributed by atoms with E-state index in [-0.39, 0.29) is 12.8 Å². The van der Waals surface area contributed by atoms with Crippen LogP contribution in [0.25, 0.3) is 0 Å². The molecule has 94 valence electrons. The van der Waals surface area contributed by atoms with Crippen LogP contribution in [0.15, 0.2) is 0 Å². The maximum atomic E-state index is 10.5. The Morgan fingerprint density at radius 2 is 1.19 bits per heavy atom. The van der Waals surface area contributed by atoms with Crippen LogP contribution >= 0.6 is 0 Å². The van der Waals surface area contributed by atoms with Crippen molar-refractivity contribution in [3.63, 3.8) is 0 Å². The molecular formula is C8H16N2O6. The number of aliphatic hydroxyl groups excluding tert-OH is 2. The number of nitro groups is 2. The first kappa shape index (κ1) is 14.7. The zero-order chi connectivity index (χ0) is 12.9. The zero-order valence-corrected chi connectivity index (χ0v) is 9.15. The van der Waals surface area contributed by atoms with Gasteiger partial charge in [0.15, 0.2) is 12.2 Å². The van der Waals surface area contributed by atoms with Gasteiger partial charge in [-0.3, -0.25) is 20.2 Å². The SMILES string of the molecule is CC[C@H]([C@H](O)[C@@H](O)[C@H](CC)[N+](=O)[O-])[N+](=O)[O-]. The van der Waals surface area contributed by atoms with Crippen LogP contribution < -0.4 is 0 Å². The standard InChI is InChI=1S/C8H16N2O6/c1-3-5(9(13)14)7(11)8(12)6(4-2)10(15)16/h5-8,11-12H,3-4H2,1-2H3/t5-,6+,7-,8-/m0/s1. The molecule has 0 saturated heterocycles. The summed E-state index contributed by atoms with van der Waals surface area (Å²) < 4.78 is 0. The Labute approximate surface area is 92.2 Å². The molecule has 0 spiro atoms. The molecule has 2 N–H and O–H groups in total. The molecule has 0 radical (unpaired) electrons. The Morgan fingerprint density at radius 1 is 0.938 bits per heavy atom. The van der Waals surface area contributed by atoms with Crippen molar-refractivity contribution >= 4 is 0 Å². The lowest BCUT2D eigenvalue weighted by molar-refractivity contribution is -0.558. The number of hydrogen-bond acceptors (Lipinski definition) is 6. The summed E-state index contributed by atoms with van der Waals surface area (Å²) in [4.78, 5) is 19.6. The maximum Gasteiger partial charge on any atom is 0.241 e. The average molecular weight is 236 g/mol. The lowest BCUT2D eigenvalue weighted by Gasteiger charge is -2.22. The molecule has 0 aromatic rings. The van der Waals surface area contributed by atoms with E-state index < -0.39 is 34.1 Å². The first-order valence-corrected chi connectivity index (χ1v) is 4.99. The largest absolute Gasteiger partial charge is 0.383 e. The van der Waals surface area contributed by atoms with Crippen molar-refractivity contribution in [1.82, 2.24) is 0 Å². The van der Waals surface area contributed by atoms with Crippen molar-refractivity contribution < 1.29 is 20.1 Å². The van der Waals surface area contributed by atoms with E-state index in [1.54, 1.807) is 0 Å². The Kier molecular flexibility index (Phi) is 5.83. The number of nitrogens with zero attached hydrogens (tertiary/aromatic N) is 2. The fourth-order valence-electron chi connectivity index (χ4n) is 1.49. The van der Waals surface area contributed by atoms with Crippen molar-refractivity contribution in [2.24, 2.45) is 0 Å². The van der Waals surface area contributed by atoms with Gasteiger partial charge in [0, 0.05) is 22.7 Å². The fourth-order valence-corrected chi connectivity index (χ4v) is 1.49. The second-order valence-corrected chi connectivity index (χ2v) is 3.50. The summed E-state index contributed by atoms with van der Waals surface area (Å²) in [5.41, 5.74) is 0. The molecule has 0 aromatic carbocycles. The Bertz CT molecular complexity index is 233. The van der Waals surface area contributed by atoms with Gasteiger partial charge in [-0.15, -0.1) is 0 Å². The van der Waals surface area contributed by atoms with Gasteiger partial charge in [0.2, 0.25) is 12.1 Å². The Morgan fingerprint density at radius 3 is 1.31 bits per heavy atom. The fraction of sp³-hybridized carbons (Fsp3) is 1.00. The van der Waals surface area contributed by atoms with Gasteiger partial charge in [-0.25, -0.2) is 0 Å². The van der Waals surface area contributed by atoms with Gasteiger partial charge in [0.25, 0.3) is 0 Å². The molecule has 0 rings (SSSR count). The van der Waals surface area contributed by atoms with Gasteiger partial charge in [-0.2, -0.15) is 0 Å². The molecule has 8 heteroatoms. The number of aliphatic hydroxyl groups is 2. The predicted octanol–water partition coefficient (Wildman–Crippen LogP) is -0.181. The molecule has 0 heterocycles. The van der Waals surface area contributed by atoms with Crippen molar-refractivity contribution in [2.45, 2.75) is 51.0 Å². The van der Waals surface area contributed by atoms with E-state index in [4.69, 9.17) is 0 Å². The summed E-state index contributed by atoms with van der Waals surface area (Å²) in [6, 6.07) is -2.77. The van der Waals surface area contributed by atoms with E-state index in [9.17, 15) is 30.4 Å². The molecule has 4 atom stereocenters. The van der Waals surface area contributed by atoms with E-state index in [2.05, 4.69) is 0 Å². The summed E-state index contributed by atoms with van der Waals surface area (Å²) >= 11 is 0. The molecule has 0 aliphatic heterocycles. The van der Waals surface area contributed by atoms with Crippen LogP contribution in [0.2, 0.25) is 0 Å². The third-order valence-electron chi connectivity index (χ3n) is 2.52. The Balaban J connectivity index is 4.74. The summed E-state index contributed by atoms with van der Waals surface area (Å²) in [6.07, 6.45) is -3.45. The van der Waals surface area contributed by atoms with Crippen LogP contribution in [0.4, 0.5) is 0 Å². The van der Waals surface area contributed by atoms with Gasteiger partial charge in [-0.05, 0) is 0 Å². The van der Waals surface area contributed by atoms with Gasteiger partial charge < -0.3 is 10.2 Å². The second kappa shape index (κ2) is 6.33. The van der Waals surface area contributed by atoms with E-state index in [0.29, 0.717) is 0 Å². The summed E-state index contributed by atoms with van der Waals surface area (Å²) in [5.74, 6) is 0. The van der Waals surface area contributed by atoms with Crippen LogP contribution in [0.5, 0.6) is 0 Å². The maximum absolute atomic E-state index is 10.5. The molecule has 0 aromatic heterocycles. The quantitative estimate of drug-likeness (QED) is 0.466. The third kappa shape index (κ3) is 3.38. The van der Waals surface area contributed by atoms with Crippen molar-refractivity contribution in [1.29, 1.82) is 0 Å². The lowest BCUT2D eigenvalue weighted by atomic mass is 9.97. The van der Waals surface area contributed by atoms with E-state index >= 15 is 0 Å². The monoisotopic (exact) mass is 236 g/mol. The third-order valence-corrected chi connectivity index (χ3v) is 2.52. The molecule has 0 saturated carbocycles. The van der Waals surface area contributed by atoms with Crippen LogP contribution in [-0.4, -0.2) is 44.4 Å². The average Bonchev–Trinajstić information content (AvgIpc) is 2.18. The molecule has 8 nitrogen and oxygen atoms in total. The number of rotatable bonds is 7. The second-order valence-electron chi connectivity index (χ2n) is 3.50. The lowest BCUT2D eigenvalue weighted by Crippen LogP contribution is -2.49. The van der Waals surface area contributed by atoms with E-state index in [1.165, 1.54) is 13.8 Å².